The van der Waals surface area contributed by atoms with Crippen molar-refractivity contribution < 1.29 is 0 Å². The van der Waals surface area contributed by atoms with Crippen molar-refractivity contribution in [2.45, 2.75) is 78.1 Å². The lowest BCUT2D eigenvalue weighted by Crippen LogP contribution is -2.23. The van der Waals surface area contributed by atoms with Gasteiger partial charge in [0, 0.05) is 0 Å². The largest absolute Gasteiger partial charge is 0.0917 e. The Balaban J connectivity index is 1.67. The molecule has 0 aliphatic heterocycles. The van der Waals surface area contributed by atoms with Gasteiger partial charge in [-0.1, -0.05) is 24.3 Å². The average Bonchev–Trinajstić information content (AvgIpc) is 2.52. The fourth-order valence-corrected chi connectivity index (χ4v) is 3.94. The molecule has 0 bridgehead atoms. The zero-order valence-corrected chi connectivity index (χ0v) is 13.5. The van der Waals surface area contributed by atoms with Crippen LogP contribution < -0.4 is 0 Å². The molecular weight excluding hydrogens is 240 g/mol. The molecule has 0 N–H and O–H groups in total. The van der Waals surface area contributed by atoms with Crippen molar-refractivity contribution in [1.29, 1.82) is 0 Å². The maximum atomic E-state index is 2.36. The molecule has 0 atom stereocenters. The molecule has 0 saturated heterocycles. The number of rotatable bonds is 5. The van der Waals surface area contributed by atoms with E-state index in [-0.39, 0.29) is 0 Å². The van der Waals surface area contributed by atoms with E-state index in [9.17, 15) is 0 Å². The summed E-state index contributed by atoms with van der Waals surface area (Å²) < 4.78 is 0. The monoisotopic (exact) mass is 272 g/mol. The van der Waals surface area contributed by atoms with Crippen LogP contribution in [0.3, 0.4) is 0 Å². The van der Waals surface area contributed by atoms with Crippen LogP contribution in [0.15, 0.2) is 24.3 Å². The van der Waals surface area contributed by atoms with Crippen LogP contribution in [-0.4, -0.2) is 0 Å². The van der Waals surface area contributed by atoms with Crippen molar-refractivity contribution in [2.75, 3.05) is 0 Å². The van der Waals surface area contributed by atoms with Gasteiger partial charge in [0.1, 0.15) is 0 Å². The quantitative estimate of drug-likeness (QED) is 0.505. The smallest absolute Gasteiger partial charge is 0.0203 e. The molecule has 0 aromatic rings. The number of hydrogen-bond acceptors (Lipinski definition) is 0. The fraction of sp³-hybridized carbons (Fsp3) is 0.700. The topological polar surface area (TPSA) is 0 Å². The molecule has 2 aliphatic rings. The number of allylic oxidation sites excluding steroid dienone is 4. The standard InChI is InChI=1S/C20H32/c1-3-5-7-17-9-13-19(14-10-17)20-15-11-18(12-16-20)8-6-4-2/h3-6,17,20H,7-16H2,1-2H3. The summed E-state index contributed by atoms with van der Waals surface area (Å²) in [5.74, 6) is 5.65. The van der Waals surface area contributed by atoms with Crippen molar-refractivity contribution in [1.82, 2.24) is 0 Å². The molecule has 112 valence electrons. The molecule has 0 amide bonds. The molecule has 0 unspecified atom stereocenters. The second-order valence-electron chi connectivity index (χ2n) is 6.70. The first kappa shape index (κ1) is 15.9. The predicted octanol–water partition coefficient (Wildman–Crippen LogP) is 6.45. The SMILES string of the molecule is CC=CC[C]1CCC([C]2CCC(CC=CC)CC2)CC1. The Kier molecular flexibility index (Phi) is 6.90. The molecule has 0 aromatic heterocycles. The van der Waals surface area contributed by atoms with Gasteiger partial charge < -0.3 is 0 Å². The highest BCUT2D eigenvalue weighted by Gasteiger charge is 2.30. The first-order chi connectivity index (χ1) is 9.83. The third kappa shape index (κ3) is 4.79. The molecule has 0 heterocycles. The lowest BCUT2D eigenvalue weighted by Gasteiger charge is -2.37. The van der Waals surface area contributed by atoms with Gasteiger partial charge in [0.2, 0.25) is 0 Å². The van der Waals surface area contributed by atoms with E-state index in [4.69, 9.17) is 0 Å². The van der Waals surface area contributed by atoms with E-state index in [0.29, 0.717) is 0 Å². The van der Waals surface area contributed by atoms with Gasteiger partial charge in [-0.3, -0.25) is 0 Å². The van der Waals surface area contributed by atoms with E-state index < -0.39 is 0 Å². The van der Waals surface area contributed by atoms with E-state index in [1.54, 1.807) is 5.92 Å². The zero-order chi connectivity index (χ0) is 14.2. The third-order valence-electron chi connectivity index (χ3n) is 5.36. The fourth-order valence-electron chi connectivity index (χ4n) is 3.94. The molecule has 2 radical (unpaired) electrons. The summed E-state index contributed by atoms with van der Waals surface area (Å²) in [6.07, 6.45) is 23.1. The van der Waals surface area contributed by atoms with Gasteiger partial charge in [-0.05, 0) is 102 Å². The lowest BCUT2D eigenvalue weighted by atomic mass is 9.68. The van der Waals surface area contributed by atoms with E-state index in [2.05, 4.69) is 38.2 Å². The van der Waals surface area contributed by atoms with Crippen molar-refractivity contribution >= 4 is 0 Å². The van der Waals surface area contributed by atoms with Crippen molar-refractivity contribution in [3.63, 3.8) is 0 Å². The van der Waals surface area contributed by atoms with Crippen LogP contribution in [0.1, 0.15) is 78.1 Å². The highest BCUT2D eigenvalue weighted by Crippen LogP contribution is 2.44. The van der Waals surface area contributed by atoms with Gasteiger partial charge in [0.15, 0.2) is 0 Å². The van der Waals surface area contributed by atoms with Crippen LogP contribution in [0.2, 0.25) is 0 Å². The maximum Gasteiger partial charge on any atom is -0.0203 e. The molecule has 2 rings (SSSR count). The van der Waals surface area contributed by atoms with Gasteiger partial charge in [0.25, 0.3) is 0 Å². The summed E-state index contributed by atoms with van der Waals surface area (Å²) in [5.41, 5.74) is 0. The van der Waals surface area contributed by atoms with Crippen LogP contribution in [0, 0.1) is 23.7 Å². The van der Waals surface area contributed by atoms with Crippen LogP contribution in [0.4, 0.5) is 0 Å². The second kappa shape index (κ2) is 8.70. The van der Waals surface area contributed by atoms with Gasteiger partial charge in [-0.15, -0.1) is 0 Å². The molecule has 0 aromatic carbocycles. The van der Waals surface area contributed by atoms with Crippen LogP contribution in [0.25, 0.3) is 0 Å². The Morgan fingerprint density at radius 1 is 0.850 bits per heavy atom. The lowest BCUT2D eigenvalue weighted by molar-refractivity contribution is 0.293. The van der Waals surface area contributed by atoms with Gasteiger partial charge in [-0.2, -0.15) is 0 Å². The minimum atomic E-state index is 0.965. The molecule has 0 heteroatoms. The average molecular weight is 272 g/mol. The van der Waals surface area contributed by atoms with Crippen molar-refractivity contribution in [3.8, 4) is 0 Å². The minimum Gasteiger partial charge on any atom is -0.0917 e. The van der Waals surface area contributed by atoms with E-state index in [1.807, 2.05) is 5.92 Å². The normalized spacial score (nSPS) is 25.1. The molecule has 2 fully saturated rings. The first-order valence-electron chi connectivity index (χ1n) is 8.74. The van der Waals surface area contributed by atoms with Crippen LogP contribution in [-0.2, 0) is 0 Å². The van der Waals surface area contributed by atoms with E-state index >= 15 is 0 Å². The maximum absolute atomic E-state index is 2.36. The Morgan fingerprint density at radius 2 is 1.50 bits per heavy atom. The Bertz CT molecular complexity index is 264. The molecule has 2 saturated carbocycles. The minimum absolute atomic E-state index is 0.965. The second-order valence-corrected chi connectivity index (χ2v) is 6.70. The van der Waals surface area contributed by atoms with Gasteiger partial charge in [-0.25, -0.2) is 0 Å². The summed E-state index contributed by atoms with van der Waals surface area (Å²) >= 11 is 0. The summed E-state index contributed by atoms with van der Waals surface area (Å²) in [7, 11) is 0. The predicted molar refractivity (Wildman–Crippen MR) is 89.3 cm³/mol. The highest BCUT2D eigenvalue weighted by atomic mass is 14.4. The summed E-state index contributed by atoms with van der Waals surface area (Å²) in [6, 6.07) is 0. The van der Waals surface area contributed by atoms with Crippen molar-refractivity contribution in [2.24, 2.45) is 11.8 Å². The summed E-state index contributed by atoms with van der Waals surface area (Å²) in [4.78, 5) is 0. The number of hydrogen-bond donors (Lipinski definition) is 0. The molecule has 2 aliphatic carbocycles. The highest BCUT2D eigenvalue weighted by molar-refractivity contribution is 5.08. The summed E-state index contributed by atoms with van der Waals surface area (Å²) in [5, 5.41) is 0. The Hall–Kier alpha value is -0.520. The van der Waals surface area contributed by atoms with Crippen LogP contribution >= 0.6 is 0 Å². The van der Waals surface area contributed by atoms with Gasteiger partial charge in [0.05, 0.1) is 0 Å². The third-order valence-corrected chi connectivity index (χ3v) is 5.36. The van der Waals surface area contributed by atoms with E-state index in [0.717, 1.165) is 11.8 Å². The molecular formula is C20H32. The molecule has 20 heavy (non-hydrogen) atoms. The molecule has 0 nitrogen and oxygen atoms in total. The zero-order valence-electron chi connectivity index (χ0n) is 13.5. The van der Waals surface area contributed by atoms with Crippen molar-refractivity contribution in [3.05, 3.63) is 36.1 Å². The molecule has 0 spiro atoms. The Morgan fingerprint density at radius 3 is 2.10 bits per heavy atom. The van der Waals surface area contributed by atoms with Crippen LogP contribution in [0.5, 0.6) is 0 Å². The van der Waals surface area contributed by atoms with E-state index in [1.165, 1.54) is 64.2 Å². The summed E-state index contributed by atoms with van der Waals surface area (Å²) in [6.45, 7) is 4.28. The van der Waals surface area contributed by atoms with Gasteiger partial charge >= 0.3 is 0 Å². The first-order valence-corrected chi connectivity index (χ1v) is 8.74. The Labute approximate surface area is 126 Å².